The Morgan fingerprint density at radius 1 is 1.33 bits per heavy atom. The zero-order valence-electron chi connectivity index (χ0n) is 10.9. The van der Waals surface area contributed by atoms with E-state index < -0.39 is 0 Å². The predicted octanol–water partition coefficient (Wildman–Crippen LogP) is 0.00632. The summed E-state index contributed by atoms with van der Waals surface area (Å²) in [5.74, 6) is 0.201. The number of aryl methyl sites for hydroxylation is 1. The van der Waals surface area contributed by atoms with Crippen LogP contribution in [0.5, 0.6) is 0 Å². The fourth-order valence-corrected chi connectivity index (χ4v) is 1.41. The molecule has 0 aromatic carbocycles. The molecular formula is C12H18N4O2. The summed E-state index contributed by atoms with van der Waals surface area (Å²) in [4.78, 5) is 28.5. The van der Waals surface area contributed by atoms with E-state index in [2.05, 4.69) is 15.6 Å². The molecule has 0 radical (unpaired) electrons. The van der Waals surface area contributed by atoms with Crippen molar-refractivity contribution in [3.05, 3.63) is 23.9 Å². The van der Waals surface area contributed by atoms with E-state index in [1.54, 1.807) is 31.3 Å². The van der Waals surface area contributed by atoms with Gasteiger partial charge in [-0.2, -0.15) is 0 Å². The van der Waals surface area contributed by atoms with Gasteiger partial charge in [-0.3, -0.25) is 14.5 Å². The first-order valence-corrected chi connectivity index (χ1v) is 5.63. The molecule has 0 saturated heterocycles. The standard InChI is InChI=1S/C12H18N4O2/c1-9-4-5-14-10(6-9)15-12(18)8-16(3)7-11(17)13-2/h4-6H,7-8H2,1-3H3,(H,13,17)(H,14,15,18). The van der Waals surface area contributed by atoms with Gasteiger partial charge in [0.2, 0.25) is 11.8 Å². The van der Waals surface area contributed by atoms with Crippen LogP contribution in [0.4, 0.5) is 5.82 Å². The normalized spacial score (nSPS) is 10.2. The van der Waals surface area contributed by atoms with Crippen molar-refractivity contribution in [2.45, 2.75) is 6.92 Å². The molecular weight excluding hydrogens is 232 g/mol. The smallest absolute Gasteiger partial charge is 0.239 e. The number of nitrogens with one attached hydrogen (secondary N) is 2. The minimum atomic E-state index is -0.195. The highest BCUT2D eigenvalue weighted by atomic mass is 16.2. The molecule has 1 rings (SSSR count). The lowest BCUT2D eigenvalue weighted by Crippen LogP contribution is -2.37. The lowest BCUT2D eigenvalue weighted by Gasteiger charge is -2.14. The topological polar surface area (TPSA) is 74.3 Å². The second kappa shape index (κ2) is 6.70. The molecule has 0 fully saturated rings. The number of nitrogens with zero attached hydrogens (tertiary/aromatic N) is 2. The molecule has 2 N–H and O–H groups in total. The Morgan fingerprint density at radius 3 is 2.61 bits per heavy atom. The third-order valence-electron chi connectivity index (χ3n) is 2.29. The Morgan fingerprint density at radius 2 is 2.00 bits per heavy atom. The molecule has 0 aliphatic carbocycles. The number of anilines is 1. The number of hydrogen-bond donors (Lipinski definition) is 2. The number of aromatic nitrogens is 1. The summed E-state index contributed by atoms with van der Waals surface area (Å²) < 4.78 is 0. The molecule has 0 atom stereocenters. The average Bonchev–Trinajstić information content (AvgIpc) is 2.28. The van der Waals surface area contributed by atoms with Crippen LogP contribution in [0.25, 0.3) is 0 Å². The minimum Gasteiger partial charge on any atom is -0.358 e. The molecule has 1 aromatic rings. The van der Waals surface area contributed by atoms with Gasteiger partial charge in [-0.1, -0.05) is 0 Å². The number of hydrogen-bond acceptors (Lipinski definition) is 4. The molecule has 0 bridgehead atoms. The molecule has 6 heteroatoms. The van der Waals surface area contributed by atoms with Crippen LogP contribution < -0.4 is 10.6 Å². The van der Waals surface area contributed by atoms with Crippen molar-refractivity contribution in [1.29, 1.82) is 0 Å². The molecule has 98 valence electrons. The summed E-state index contributed by atoms with van der Waals surface area (Å²) in [6.07, 6.45) is 1.64. The van der Waals surface area contributed by atoms with Crippen molar-refractivity contribution >= 4 is 17.6 Å². The Hall–Kier alpha value is -1.95. The number of pyridine rings is 1. The van der Waals surface area contributed by atoms with Crippen LogP contribution in [-0.2, 0) is 9.59 Å². The Balaban J connectivity index is 2.44. The van der Waals surface area contributed by atoms with Crippen LogP contribution in [0.3, 0.4) is 0 Å². The molecule has 2 amide bonds. The van der Waals surface area contributed by atoms with Crippen LogP contribution in [0.2, 0.25) is 0 Å². The molecule has 1 heterocycles. The summed E-state index contributed by atoms with van der Waals surface area (Å²) in [6.45, 7) is 2.25. The Kier molecular flexibility index (Phi) is 5.26. The fourth-order valence-electron chi connectivity index (χ4n) is 1.41. The van der Waals surface area contributed by atoms with E-state index in [4.69, 9.17) is 0 Å². The summed E-state index contributed by atoms with van der Waals surface area (Å²) in [5, 5.41) is 5.18. The lowest BCUT2D eigenvalue weighted by molar-refractivity contribution is -0.122. The number of rotatable bonds is 5. The van der Waals surface area contributed by atoms with Gasteiger partial charge in [0.05, 0.1) is 13.1 Å². The zero-order chi connectivity index (χ0) is 13.5. The van der Waals surface area contributed by atoms with Gasteiger partial charge in [0.15, 0.2) is 0 Å². The maximum Gasteiger partial charge on any atom is 0.239 e. The summed E-state index contributed by atoms with van der Waals surface area (Å²) in [5.41, 5.74) is 1.03. The van der Waals surface area contributed by atoms with Crippen LogP contribution in [0, 0.1) is 6.92 Å². The van der Waals surface area contributed by atoms with Crippen molar-refractivity contribution in [3.8, 4) is 0 Å². The van der Waals surface area contributed by atoms with E-state index in [1.807, 2.05) is 13.0 Å². The highest BCUT2D eigenvalue weighted by molar-refractivity contribution is 5.91. The largest absolute Gasteiger partial charge is 0.358 e. The molecule has 0 saturated carbocycles. The monoisotopic (exact) mass is 250 g/mol. The van der Waals surface area contributed by atoms with Crippen LogP contribution in [0.1, 0.15) is 5.56 Å². The van der Waals surface area contributed by atoms with Crippen LogP contribution in [0.15, 0.2) is 18.3 Å². The van der Waals surface area contributed by atoms with Gasteiger partial charge in [-0.15, -0.1) is 0 Å². The molecule has 1 aromatic heterocycles. The first kappa shape index (κ1) is 14.1. The fraction of sp³-hybridized carbons (Fsp3) is 0.417. The minimum absolute atomic E-state index is 0.126. The Bertz CT molecular complexity index is 434. The van der Waals surface area contributed by atoms with E-state index in [9.17, 15) is 9.59 Å². The maximum absolute atomic E-state index is 11.7. The number of likely N-dealkylation sites (N-methyl/N-ethyl adjacent to an activating group) is 2. The van der Waals surface area contributed by atoms with E-state index in [-0.39, 0.29) is 24.9 Å². The first-order valence-electron chi connectivity index (χ1n) is 5.63. The van der Waals surface area contributed by atoms with Crippen molar-refractivity contribution < 1.29 is 9.59 Å². The zero-order valence-corrected chi connectivity index (χ0v) is 10.9. The van der Waals surface area contributed by atoms with E-state index in [1.165, 1.54) is 0 Å². The maximum atomic E-state index is 11.7. The highest BCUT2D eigenvalue weighted by Gasteiger charge is 2.10. The number of carbonyl (C=O) groups is 2. The number of amides is 2. The van der Waals surface area contributed by atoms with E-state index in [0.29, 0.717) is 5.82 Å². The first-order chi connectivity index (χ1) is 8.51. The van der Waals surface area contributed by atoms with Crippen LogP contribution in [-0.4, -0.2) is 48.9 Å². The van der Waals surface area contributed by atoms with Gasteiger partial charge in [0.1, 0.15) is 5.82 Å². The lowest BCUT2D eigenvalue weighted by atomic mass is 10.3. The second-order valence-corrected chi connectivity index (χ2v) is 4.11. The van der Waals surface area contributed by atoms with Crippen molar-refractivity contribution in [1.82, 2.24) is 15.2 Å². The third kappa shape index (κ3) is 4.92. The third-order valence-corrected chi connectivity index (χ3v) is 2.29. The van der Waals surface area contributed by atoms with Gasteiger partial charge in [0.25, 0.3) is 0 Å². The SMILES string of the molecule is CNC(=O)CN(C)CC(=O)Nc1cc(C)ccn1. The van der Waals surface area contributed by atoms with Gasteiger partial charge in [-0.05, 0) is 31.7 Å². The predicted molar refractivity (Wildman–Crippen MR) is 69.2 cm³/mol. The van der Waals surface area contributed by atoms with Crippen molar-refractivity contribution in [2.24, 2.45) is 0 Å². The second-order valence-electron chi connectivity index (χ2n) is 4.11. The molecule has 0 aliphatic rings. The summed E-state index contributed by atoms with van der Waals surface area (Å²) in [6, 6.07) is 3.64. The summed E-state index contributed by atoms with van der Waals surface area (Å²) in [7, 11) is 3.27. The van der Waals surface area contributed by atoms with Gasteiger partial charge in [0, 0.05) is 13.2 Å². The molecule has 0 spiro atoms. The van der Waals surface area contributed by atoms with Crippen molar-refractivity contribution in [3.63, 3.8) is 0 Å². The van der Waals surface area contributed by atoms with E-state index in [0.717, 1.165) is 5.56 Å². The van der Waals surface area contributed by atoms with Gasteiger partial charge >= 0.3 is 0 Å². The summed E-state index contributed by atoms with van der Waals surface area (Å²) >= 11 is 0. The molecule has 18 heavy (non-hydrogen) atoms. The van der Waals surface area contributed by atoms with Gasteiger partial charge in [-0.25, -0.2) is 4.98 Å². The quantitative estimate of drug-likeness (QED) is 0.772. The molecule has 0 unspecified atom stereocenters. The highest BCUT2D eigenvalue weighted by Crippen LogP contribution is 2.04. The average molecular weight is 250 g/mol. The Labute approximate surface area is 106 Å². The molecule has 6 nitrogen and oxygen atoms in total. The number of carbonyl (C=O) groups excluding carboxylic acids is 2. The molecule has 0 aliphatic heterocycles. The van der Waals surface area contributed by atoms with Crippen LogP contribution >= 0.6 is 0 Å². The van der Waals surface area contributed by atoms with E-state index >= 15 is 0 Å². The van der Waals surface area contributed by atoms with Gasteiger partial charge < -0.3 is 10.6 Å². The van der Waals surface area contributed by atoms with Crippen molar-refractivity contribution in [2.75, 3.05) is 32.5 Å².